The standard InChI is InChI=1S/C18H19ClN2O2S3/c1-2-3-8-21-17(23)15(26-18(21)24)6-7-16-20(9-10-22)13-11-12(19)4-5-14(13)25-16/h4-7,11,22H,2-3,8-10H2,1H3. The minimum absolute atomic E-state index is 0.0254. The molecule has 0 spiro atoms. The van der Waals surface area contributed by atoms with Crippen molar-refractivity contribution in [2.45, 2.75) is 24.7 Å². The lowest BCUT2D eigenvalue weighted by Gasteiger charge is -2.19. The second kappa shape index (κ2) is 8.80. The van der Waals surface area contributed by atoms with Crippen molar-refractivity contribution in [1.82, 2.24) is 4.90 Å². The molecular weight excluding hydrogens is 408 g/mol. The third kappa shape index (κ3) is 4.12. The molecule has 0 saturated carbocycles. The van der Waals surface area contributed by atoms with E-state index in [0.717, 1.165) is 28.5 Å². The highest BCUT2D eigenvalue weighted by molar-refractivity contribution is 8.26. The number of rotatable bonds is 6. The molecule has 1 N–H and O–H groups in total. The number of hydrogen-bond donors (Lipinski definition) is 1. The zero-order valence-electron chi connectivity index (χ0n) is 14.3. The number of anilines is 1. The quantitative estimate of drug-likeness (QED) is 0.528. The lowest BCUT2D eigenvalue weighted by Crippen LogP contribution is -2.28. The molecule has 8 heteroatoms. The highest BCUT2D eigenvalue weighted by atomic mass is 35.5. The van der Waals surface area contributed by atoms with Crippen molar-refractivity contribution in [3.63, 3.8) is 0 Å². The molecule has 0 unspecified atom stereocenters. The van der Waals surface area contributed by atoms with Crippen LogP contribution in [0.5, 0.6) is 0 Å². The Hall–Kier alpha value is -0.990. The molecule has 138 valence electrons. The van der Waals surface area contributed by atoms with E-state index in [1.807, 2.05) is 35.3 Å². The Morgan fingerprint density at radius 2 is 2.04 bits per heavy atom. The summed E-state index contributed by atoms with van der Waals surface area (Å²) < 4.78 is 0.620. The molecule has 0 radical (unpaired) electrons. The van der Waals surface area contributed by atoms with Gasteiger partial charge in [-0.1, -0.05) is 60.7 Å². The third-order valence-corrected chi connectivity index (χ3v) is 6.76. The van der Waals surface area contributed by atoms with E-state index in [0.29, 0.717) is 27.3 Å². The molecule has 0 bridgehead atoms. The van der Waals surface area contributed by atoms with Crippen molar-refractivity contribution in [3.05, 3.63) is 45.3 Å². The average molecular weight is 427 g/mol. The Morgan fingerprint density at radius 3 is 2.77 bits per heavy atom. The first-order chi connectivity index (χ1) is 12.5. The van der Waals surface area contributed by atoms with Gasteiger partial charge in [0, 0.05) is 23.0 Å². The topological polar surface area (TPSA) is 43.8 Å². The summed E-state index contributed by atoms with van der Waals surface area (Å²) in [5, 5.41) is 11.0. The second-order valence-corrected chi connectivity index (χ2v) is 8.98. The molecule has 2 heterocycles. The zero-order valence-corrected chi connectivity index (χ0v) is 17.5. The van der Waals surface area contributed by atoms with Gasteiger partial charge in [-0.15, -0.1) is 0 Å². The summed E-state index contributed by atoms with van der Waals surface area (Å²) in [7, 11) is 0. The van der Waals surface area contributed by atoms with Crippen LogP contribution in [-0.4, -0.2) is 39.9 Å². The first kappa shape index (κ1) is 19.8. The first-order valence-corrected chi connectivity index (χ1v) is 10.8. The maximum atomic E-state index is 12.5. The molecule has 2 aliphatic heterocycles. The molecule has 4 nitrogen and oxygen atoms in total. The average Bonchev–Trinajstić information content (AvgIpc) is 3.09. The number of β-amino-alcohol motifs (C(OH)–C–C–N with tert-alkyl or cyclic N) is 1. The van der Waals surface area contributed by atoms with Crippen LogP contribution in [-0.2, 0) is 4.79 Å². The highest BCUT2D eigenvalue weighted by Crippen LogP contribution is 2.47. The normalized spacial score (nSPS) is 20.0. The van der Waals surface area contributed by atoms with Crippen molar-refractivity contribution in [1.29, 1.82) is 0 Å². The fourth-order valence-corrected chi connectivity index (χ4v) is 5.19. The first-order valence-electron chi connectivity index (χ1n) is 8.36. The van der Waals surface area contributed by atoms with E-state index < -0.39 is 0 Å². The number of allylic oxidation sites excluding steroid dienone is 2. The van der Waals surface area contributed by atoms with E-state index in [-0.39, 0.29) is 12.5 Å². The Bertz CT molecular complexity index is 795. The summed E-state index contributed by atoms with van der Waals surface area (Å²) in [4.78, 5) is 17.9. The molecule has 26 heavy (non-hydrogen) atoms. The molecule has 1 aromatic rings. The number of amides is 1. The molecule has 1 saturated heterocycles. The number of unbranched alkanes of at least 4 members (excludes halogenated alkanes) is 1. The zero-order chi connectivity index (χ0) is 18.7. The summed E-state index contributed by atoms with van der Waals surface area (Å²) in [5.41, 5.74) is 0.978. The molecular formula is C18H19ClN2O2S3. The SMILES string of the molecule is CCCCN1C(=O)C(=CC=C2Sc3ccc(Cl)cc3N2CCO)SC1=S. The molecule has 0 aliphatic carbocycles. The van der Waals surface area contributed by atoms with Crippen LogP contribution < -0.4 is 4.90 Å². The van der Waals surface area contributed by atoms with Crippen LogP contribution >= 0.6 is 47.3 Å². The minimum Gasteiger partial charge on any atom is -0.395 e. The number of aliphatic hydroxyl groups is 1. The van der Waals surface area contributed by atoms with Gasteiger partial charge < -0.3 is 10.0 Å². The van der Waals surface area contributed by atoms with Gasteiger partial charge in [0.05, 0.1) is 22.2 Å². The van der Waals surface area contributed by atoms with E-state index >= 15 is 0 Å². The maximum absolute atomic E-state index is 12.5. The number of fused-ring (bicyclic) bond motifs is 1. The Balaban J connectivity index is 1.82. The molecule has 2 aliphatic rings. The lowest BCUT2D eigenvalue weighted by molar-refractivity contribution is -0.122. The van der Waals surface area contributed by atoms with Gasteiger partial charge in [0.15, 0.2) is 0 Å². The smallest absolute Gasteiger partial charge is 0.266 e. The highest BCUT2D eigenvalue weighted by Gasteiger charge is 2.31. The van der Waals surface area contributed by atoms with Gasteiger partial charge in [0.1, 0.15) is 4.32 Å². The Morgan fingerprint density at radius 1 is 1.23 bits per heavy atom. The largest absolute Gasteiger partial charge is 0.395 e. The summed E-state index contributed by atoms with van der Waals surface area (Å²) >= 11 is 14.4. The van der Waals surface area contributed by atoms with Gasteiger partial charge in [-0.25, -0.2) is 0 Å². The van der Waals surface area contributed by atoms with Crippen LogP contribution in [0.1, 0.15) is 19.8 Å². The number of thioether (sulfide) groups is 2. The fraction of sp³-hybridized carbons (Fsp3) is 0.333. The van der Waals surface area contributed by atoms with Gasteiger partial charge in [-0.05, 0) is 36.8 Å². The van der Waals surface area contributed by atoms with Crippen LogP contribution in [0.3, 0.4) is 0 Å². The van der Waals surface area contributed by atoms with Crippen LogP contribution in [0.25, 0.3) is 0 Å². The second-order valence-electron chi connectivity index (χ2n) is 5.80. The van der Waals surface area contributed by atoms with Gasteiger partial charge in [0.25, 0.3) is 5.91 Å². The number of carbonyl (C=O) groups excluding carboxylic acids is 1. The predicted molar refractivity (Wildman–Crippen MR) is 115 cm³/mol. The number of nitrogens with zero attached hydrogens (tertiary/aromatic N) is 2. The van der Waals surface area contributed by atoms with Gasteiger partial charge in [-0.3, -0.25) is 9.69 Å². The third-order valence-electron chi connectivity index (χ3n) is 4.00. The van der Waals surface area contributed by atoms with Crippen molar-refractivity contribution in [2.24, 2.45) is 0 Å². The number of halogens is 1. The Kier molecular flexibility index (Phi) is 6.69. The minimum atomic E-state index is -0.0254. The van der Waals surface area contributed by atoms with Crippen LogP contribution in [0.15, 0.2) is 45.2 Å². The summed E-state index contributed by atoms with van der Waals surface area (Å²) in [6, 6.07) is 5.72. The summed E-state index contributed by atoms with van der Waals surface area (Å²) in [6.45, 7) is 3.26. The number of carbonyl (C=O) groups is 1. The maximum Gasteiger partial charge on any atom is 0.266 e. The van der Waals surface area contributed by atoms with E-state index in [1.54, 1.807) is 16.7 Å². The van der Waals surface area contributed by atoms with Crippen LogP contribution in [0.2, 0.25) is 5.02 Å². The van der Waals surface area contributed by atoms with Crippen molar-refractivity contribution in [2.75, 3.05) is 24.6 Å². The van der Waals surface area contributed by atoms with Gasteiger partial charge >= 0.3 is 0 Å². The predicted octanol–water partition coefficient (Wildman–Crippen LogP) is 4.63. The van der Waals surface area contributed by atoms with Crippen molar-refractivity contribution < 1.29 is 9.90 Å². The van der Waals surface area contributed by atoms with Crippen LogP contribution in [0.4, 0.5) is 5.69 Å². The summed E-state index contributed by atoms with van der Waals surface area (Å²) in [5.74, 6) is -0.0254. The Labute approximate surface area is 172 Å². The molecule has 1 aromatic carbocycles. The number of benzene rings is 1. The number of aliphatic hydroxyl groups excluding tert-OH is 1. The van der Waals surface area contributed by atoms with Gasteiger partial charge in [0.2, 0.25) is 0 Å². The van der Waals surface area contributed by atoms with E-state index in [4.69, 9.17) is 23.8 Å². The van der Waals surface area contributed by atoms with Crippen molar-refractivity contribution >= 4 is 63.3 Å². The van der Waals surface area contributed by atoms with E-state index in [2.05, 4.69) is 6.92 Å². The van der Waals surface area contributed by atoms with Crippen LogP contribution in [0, 0.1) is 0 Å². The molecule has 3 rings (SSSR count). The fourth-order valence-electron chi connectivity index (χ4n) is 2.70. The monoisotopic (exact) mass is 426 g/mol. The molecule has 1 fully saturated rings. The molecule has 0 atom stereocenters. The molecule has 0 aromatic heterocycles. The van der Waals surface area contributed by atoms with Gasteiger partial charge in [-0.2, -0.15) is 0 Å². The van der Waals surface area contributed by atoms with Crippen molar-refractivity contribution in [3.8, 4) is 0 Å². The summed E-state index contributed by atoms with van der Waals surface area (Å²) in [6.07, 6.45) is 5.70. The lowest BCUT2D eigenvalue weighted by atomic mass is 10.3. The number of hydrogen-bond acceptors (Lipinski definition) is 6. The van der Waals surface area contributed by atoms with E-state index in [9.17, 15) is 9.90 Å². The van der Waals surface area contributed by atoms with E-state index in [1.165, 1.54) is 11.8 Å². The molecule has 1 amide bonds. The number of thiocarbonyl (C=S) groups is 1.